The molecule has 8 nitrogen and oxygen atoms in total. The maximum absolute atomic E-state index is 13.1. The molecule has 3 aromatic rings. The van der Waals surface area contributed by atoms with Crippen LogP contribution in [0.2, 0.25) is 0 Å². The van der Waals surface area contributed by atoms with Gasteiger partial charge in [0.15, 0.2) is 5.65 Å². The fourth-order valence-electron chi connectivity index (χ4n) is 3.53. The molecule has 2 aliphatic carbocycles. The number of hydrogen-bond donors (Lipinski definition) is 1. The molecule has 3 aromatic heterocycles. The van der Waals surface area contributed by atoms with Gasteiger partial charge in [0.1, 0.15) is 17.7 Å². The Bertz CT molecular complexity index is 1150. The van der Waals surface area contributed by atoms with Crippen molar-refractivity contribution in [3.05, 3.63) is 47.3 Å². The molecular formula is C23H27FN6O2. The van der Waals surface area contributed by atoms with Crippen molar-refractivity contribution in [3.8, 4) is 11.9 Å². The molecule has 0 radical (unpaired) electrons. The van der Waals surface area contributed by atoms with E-state index in [9.17, 15) is 9.18 Å². The summed E-state index contributed by atoms with van der Waals surface area (Å²) in [5.41, 5.74) is 3.79. The number of ether oxygens (including phenoxy) is 1. The highest BCUT2D eigenvalue weighted by atomic mass is 19.1. The van der Waals surface area contributed by atoms with Crippen LogP contribution in [-0.2, 0) is 16.6 Å². The molecular weight excluding hydrogens is 411 g/mol. The normalized spacial score (nSPS) is 15.4. The standard InChI is InChI=1S/C11H12FN3.C10H9N3O2.C2H6/c1-11(2)4-3-7-6-13-9-5-8(12)14-15(9)10(7)11;11-4-7-3-8(13-6-14)5-12-10(7)15-9-1-2-9;1-2/h5-6H,3-4H2,1-2H3;3,5-6,9H,1-2H2,(H,13,14);1-2H3. The first-order valence-electron chi connectivity index (χ1n) is 10.7. The second-order valence-corrected chi connectivity index (χ2v) is 8.02. The lowest BCUT2D eigenvalue weighted by molar-refractivity contribution is -0.105. The lowest BCUT2D eigenvalue weighted by Gasteiger charge is -2.18. The number of halogens is 1. The molecule has 1 fully saturated rings. The van der Waals surface area contributed by atoms with E-state index in [1.807, 2.05) is 26.1 Å². The van der Waals surface area contributed by atoms with Gasteiger partial charge in [-0.1, -0.05) is 27.7 Å². The zero-order valence-corrected chi connectivity index (χ0v) is 18.7. The van der Waals surface area contributed by atoms with E-state index in [1.165, 1.54) is 17.8 Å². The number of amides is 1. The summed E-state index contributed by atoms with van der Waals surface area (Å²) in [6.07, 6.45) is 8.17. The summed E-state index contributed by atoms with van der Waals surface area (Å²) in [6.45, 7) is 8.33. The molecule has 0 aliphatic heterocycles. The van der Waals surface area contributed by atoms with Crippen molar-refractivity contribution in [1.29, 1.82) is 5.26 Å². The molecule has 5 rings (SSSR count). The van der Waals surface area contributed by atoms with Crippen molar-refractivity contribution in [2.45, 2.75) is 64.9 Å². The average molecular weight is 439 g/mol. The van der Waals surface area contributed by atoms with Gasteiger partial charge in [-0.25, -0.2) is 14.5 Å². The van der Waals surface area contributed by atoms with E-state index in [2.05, 4.69) is 34.2 Å². The van der Waals surface area contributed by atoms with Crippen LogP contribution in [0.15, 0.2) is 24.5 Å². The lowest BCUT2D eigenvalue weighted by atomic mass is 9.91. The number of aromatic nitrogens is 4. The maximum atomic E-state index is 13.1. The number of carbonyl (C=O) groups is 1. The summed E-state index contributed by atoms with van der Waals surface area (Å²) in [5.74, 6) is -0.116. The van der Waals surface area contributed by atoms with Crippen LogP contribution in [0, 0.1) is 17.3 Å². The van der Waals surface area contributed by atoms with E-state index in [-0.39, 0.29) is 11.5 Å². The predicted molar refractivity (Wildman–Crippen MR) is 118 cm³/mol. The van der Waals surface area contributed by atoms with E-state index in [4.69, 9.17) is 10.00 Å². The molecule has 0 aromatic carbocycles. The zero-order valence-electron chi connectivity index (χ0n) is 18.7. The second kappa shape index (κ2) is 9.73. The van der Waals surface area contributed by atoms with Gasteiger partial charge < -0.3 is 10.1 Å². The highest BCUT2D eigenvalue weighted by Gasteiger charge is 2.33. The third-order valence-electron chi connectivity index (χ3n) is 5.19. The van der Waals surface area contributed by atoms with Gasteiger partial charge in [-0.3, -0.25) is 4.79 Å². The minimum absolute atomic E-state index is 0.0645. The Labute approximate surface area is 186 Å². The summed E-state index contributed by atoms with van der Waals surface area (Å²) in [7, 11) is 0. The van der Waals surface area contributed by atoms with Crippen molar-refractivity contribution < 1.29 is 13.9 Å². The number of rotatable bonds is 4. The molecule has 0 bridgehead atoms. The van der Waals surface area contributed by atoms with Gasteiger partial charge in [0.2, 0.25) is 18.2 Å². The van der Waals surface area contributed by atoms with Crippen molar-refractivity contribution in [3.63, 3.8) is 0 Å². The number of fused-ring (bicyclic) bond motifs is 3. The Morgan fingerprint density at radius 3 is 2.69 bits per heavy atom. The summed E-state index contributed by atoms with van der Waals surface area (Å²) in [6, 6.07) is 4.89. The number of aryl methyl sites for hydroxylation is 1. The molecule has 0 atom stereocenters. The number of carbonyl (C=O) groups excluding carboxylic acids is 1. The second-order valence-electron chi connectivity index (χ2n) is 8.02. The third kappa shape index (κ3) is 5.02. The van der Waals surface area contributed by atoms with E-state index in [1.54, 1.807) is 10.6 Å². The maximum Gasteiger partial charge on any atom is 0.235 e. The van der Waals surface area contributed by atoms with Gasteiger partial charge in [-0.2, -0.15) is 9.65 Å². The quantitative estimate of drug-likeness (QED) is 0.613. The predicted octanol–water partition coefficient (Wildman–Crippen LogP) is 4.18. The smallest absolute Gasteiger partial charge is 0.235 e. The van der Waals surface area contributed by atoms with Crippen molar-refractivity contribution >= 4 is 17.7 Å². The van der Waals surface area contributed by atoms with Crippen LogP contribution in [0.4, 0.5) is 10.1 Å². The molecule has 1 N–H and O–H groups in total. The van der Waals surface area contributed by atoms with Crippen LogP contribution in [0.5, 0.6) is 5.88 Å². The van der Waals surface area contributed by atoms with Crippen LogP contribution >= 0.6 is 0 Å². The van der Waals surface area contributed by atoms with Crippen LogP contribution in [0.3, 0.4) is 0 Å². The van der Waals surface area contributed by atoms with Crippen molar-refractivity contribution in [1.82, 2.24) is 19.6 Å². The highest BCUT2D eigenvalue weighted by Crippen LogP contribution is 2.37. The van der Waals surface area contributed by atoms with Crippen LogP contribution < -0.4 is 10.1 Å². The highest BCUT2D eigenvalue weighted by molar-refractivity contribution is 5.71. The molecule has 1 saturated carbocycles. The van der Waals surface area contributed by atoms with Gasteiger partial charge in [0, 0.05) is 17.7 Å². The van der Waals surface area contributed by atoms with Crippen molar-refractivity contribution in [2.24, 2.45) is 0 Å². The first kappa shape index (κ1) is 23.1. The third-order valence-corrected chi connectivity index (χ3v) is 5.19. The molecule has 3 heterocycles. The first-order valence-corrected chi connectivity index (χ1v) is 10.7. The SMILES string of the molecule is CC.CC1(C)CCc2cnc3cc(F)nn3c21.N#Cc1cc(NC=O)cnc1OC1CC1. The largest absolute Gasteiger partial charge is 0.473 e. The fourth-order valence-corrected chi connectivity index (χ4v) is 3.53. The summed E-state index contributed by atoms with van der Waals surface area (Å²) >= 11 is 0. The Morgan fingerprint density at radius 1 is 1.28 bits per heavy atom. The topological polar surface area (TPSA) is 105 Å². The Balaban J connectivity index is 0.000000168. The van der Waals surface area contributed by atoms with Crippen LogP contribution in [0.25, 0.3) is 5.65 Å². The molecule has 168 valence electrons. The number of nitriles is 1. The van der Waals surface area contributed by atoms with Gasteiger partial charge in [0.05, 0.1) is 17.6 Å². The molecule has 9 heteroatoms. The van der Waals surface area contributed by atoms with Gasteiger partial charge >= 0.3 is 0 Å². The van der Waals surface area contributed by atoms with E-state index in [0.717, 1.165) is 31.4 Å². The summed E-state index contributed by atoms with van der Waals surface area (Å²) in [5, 5.41) is 15.2. The molecule has 2 aliphatic rings. The van der Waals surface area contributed by atoms with E-state index < -0.39 is 5.95 Å². The number of anilines is 1. The molecule has 0 unspecified atom stereocenters. The Hall–Kier alpha value is -3.54. The summed E-state index contributed by atoms with van der Waals surface area (Å²) in [4.78, 5) is 18.4. The van der Waals surface area contributed by atoms with Gasteiger partial charge in [0.25, 0.3) is 0 Å². The van der Waals surface area contributed by atoms with Crippen LogP contribution in [-0.4, -0.2) is 32.1 Å². The zero-order chi connectivity index (χ0) is 23.3. The van der Waals surface area contributed by atoms with E-state index in [0.29, 0.717) is 29.2 Å². The number of nitrogens with one attached hydrogen (secondary N) is 1. The van der Waals surface area contributed by atoms with Crippen molar-refractivity contribution in [2.75, 3.05) is 5.32 Å². The molecule has 0 saturated heterocycles. The van der Waals surface area contributed by atoms with Crippen LogP contribution in [0.1, 0.15) is 63.8 Å². The summed E-state index contributed by atoms with van der Waals surface area (Å²) < 4.78 is 20.2. The minimum Gasteiger partial charge on any atom is -0.473 e. The van der Waals surface area contributed by atoms with E-state index >= 15 is 0 Å². The molecule has 1 amide bonds. The number of pyridine rings is 1. The first-order chi connectivity index (χ1) is 15.4. The molecule has 32 heavy (non-hydrogen) atoms. The molecule has 0 spiro atoms. The number of hydrogen-bond acceptors (Lipinski definition) is 6. The Morgan fingerprint density at radius 2 is 2.03 bits per heavy atom. The Kier molecular flexibility index (Phi) is 7.03. The lowest BCUT2D eigenvalue weighted by Crippen LogP contribution is -2.17. The fraction of sp³-hybridized carbons (Fsp3) is 0.435. The monoisotopic (exact) mass is 438 g/mol. The van der Waals surface area contributed by atoms with Gasteiger partial charge in [-0.05, 0) is 37.3 Å². The number of nitrogens with zero attached hydrogens (tertiary/aromatic N) is 5. The van der Waals surface area contributed by atoms with Gasteiger partial charge in [-0.15, -0.1) is 5.10 Å². The average Bonchev–Trinajstić information content (AvgIpc) is 3.44. The minimum atomic E-state index is -0.460.